The first-order valence-corrected chi connectivity index (χ1v) is 6.28. The van der Waals surface area contributed by atoms with Crippen LogP contribution in [0.25, 0.3) is 0 Å². The third-order valence-corrected chi connectivity index (χ3v) is 3.07. The van der Waals surface area contributed by atoms with Gasteiger partial charge in [-0.3, -0.25) is 9.48 Å². The topological polar surface area (TPSA) is 61.2 Å². The van der Waals surface area contributed by atoms with Crippen molar-refractivity contribution in [2.45, 2.75) is 19.4 Å². The number of hydrogen-bond donors (Lipinski definition) is 0. The highest BCUT2D eigenvalue weighted by molar-refractivity contribution is 5.98. The summed E-state index contributed by atoms with van der Waals surface area (Å²) in [6.07, 6.45) is 3.23. The average molecular weight is 272 g/mol. The van der Waals surface area contributed by atoms with Gasteiger partial charge in [0.1, 0.15) is 0 Å². The first kappa shape index (κ1) is 14.0. The minimum absolute atomic E-state index is 0.0252. The number of carbonyl (C=O) groups is 2. The number of methoxy groups -OCH3 is 1. The van der Waals surface area contributed by atoms with Crippen LogP contribution in [0.4, 0.5) is 0 Å². The van der Waals surface area contributed by atoms with Gasteiger partial charge in [0.25, 0.3) is 0 Å². The van der Waals surface area contributed by atoms with Crippen LogP contribution in [0.1, 0.15) is 28.4 Å². The van der Waals surface area contributed by atoms with E-state index in [-0.39, 0.29) is 12.2 Å². The molecule has 0 saturated carbocycles. The first-order chi connectivity index (χ1) is 9.61. The fourth-order valence-corrected chi connectivity index (χ4v) is 1.92. The lowest BCUT2D eigenvalue weighted by atomic mass is 10.0. The summed E-state index contributed by atoms with van der Waals surface area (Å²) in [4.78, 5) is 24.0. The number of aryl methyl sites for hydroxylation is 1. The van der Waals surface area contributed by atoms with Gasteiger partial charge in [0.05, 0.1) is 7.11 Å². The van der Waals surface area contributed by atoms with E-state index in [1.54, 1.807) is 30.6 Å². The fourth-order valence-electron chi connectivity index (χ4n) is 1.92. The maximum atomic E-state index is 12.2. The van der Waals surface area contributed by atoms with Gasteiger partial charge < -0.3 is 4.74 Å². The van der Waals surface area contributed by atoms with E-state index >= 15 is 0 Å². The zero-order valence-corrected chi connectivity index (χ0v) is 11.4. The zero-order chi connectivity index (χ0) is 14.5. The standard InChI is InChI=1S/C15H16N2O3/c1-11-4-6-12(7-5-11)14(18)10-13(15(19)20-2)17-9-3-8-16-17/h3-9,13H,10H2,1-2H3/t13-/m1/s1. The lowest BCUT2D eigenvalue weighted by Gasteiger charge is -2.14. The molecule has 2 rings (SSSR count). The molecule has 0 amide bonds. The molecule has 0 spiro atoms. The maximum absolute atomic E-state index is 12.2. The van der Waals surface area contributed by atoms with Crippen LogP contribution in [0.2, 0.25) is 0 Å². The van der Waals surface area contributed by atoms with Crippen molar-refractivity contribution in [3.63, 3.8) is 0 Å². The average Bonchev–Trinajstić information content (AvgIpc) is 2.98. The zero-order valence-electron chi connectivity index (χ0n) is 11.4. The second kappa shape index (κ2) is 6.14. The molecular formula is C15H16N2O3. The summed E-state index contributed by atoms with van der Waals surface area (Å²) < 4.78 is 6.18. The Morgan fingerprint density at radius 3 is 2.55 bits per heavy atom. The summed E-state index contributed by atoms with van der Waals surface area (Å²) in [7, 11) is 1.30. The van der Waals surface area contributed by atoms with Crippen LogP contribution in [-0.2, 0) is 9.53 Å². The Bertz CT molecular complexity index is 588. The summed E-state index contributed by atoms with van der Waals surface area (Å²) in [5.74, 6) is -0.593. The van der Waals surface area contributed by atoms with E-state index in [0.717, 1.165) is 5.56 Å². The Morgan fingerprint density at radius 2 is 2.00 bits per heavy atom. The molecule has 104 valence electrons. The number of hydrogen-bond acceptors (Lipinski definition) is 4. The van der Waals surface area contributed by atoms with E-state index in [1.807, 2.05) is 19.1 Å². The summed E-state index contributed by atoms with van der Waals surface area (Å²) in [6, 6.07) is 8.22. The highest BCUT2D eigenvalue weighted by Crippen LogP contribution is 2.16. The molecule has 20 heavy (non-hydrogen) atoms. The molecule has 0 radical (unpaired) electrons. The van der Waals surface area contributed by atoms with Crippen LogP contribution in [0.15, 0.2) is 42.7 Å². The molecule has 0 fully saturated rings. The summed E-state index contributed by atoms with van der Waals surface area (Å²) in [5.41, 5.74) is 1.66. The number of nitrogens with zero attached hydrogens (tertiary/aromatic N) is 2. The second-order valence-electron chi connectivity index (χ2n) is 4.52. The van der Waals surface area contributed by atoms with Gasteiger partial charge in [-0.1, -0.05) is 29.8 Å². The van der Waals surface area contributed by atoms with E-state index in [2.05, 4.69) is 5.10 Å². The number of rotatable bonds is 5. The van der Waals surface area contributed by atoms with Crippen LogP contribution in [0.3, 0.4) is 0 Å². The third kappa shape index (κ3) is 3.12. The van der Waals surface area contributed by atoms with Gasteiger partial charge in [-0.15, -0.1) is 0 Å². The van der Waals surface area contributed by atoms with Crippen LogP contribution in [0.5, 0.6) is 0 Å². The van der Waals surface area contributed by atoms with Crippen LogP contribution in [0, 0.1) is 6.92 Å². The Labute approximate surface area is 117 Å². The van der Waals surface area contributed by atoms with Crippen molar-refractivity contribution in [2.24, 2.45) is 0 Å². The molecule has 1 aromatic carbocycles. The van der Waals surface area contributed by atoms with Gasteiger partial charge in [-0.05, 0) is 13.0 Å². The molecule has 5 nitrogen and oxygen atoms in total. The highest BCUT2D eigenvalue weighted by atomic mass is 16.5. The van der Waals surface area contributed by atoms with Crippen molar-refractivity contribution in [3.8, 4) is 0 Å². The largest absolute Gasteiger partial charge is 0.467 e. The van der Waals surface area contributed by atoms with Crippen LogP contribution in [-0.4, -0.2) is 28.6 Å². The molecule has 0 aliphatic heterocycles. The van der Waals surface area contributed by atoms with Crippen molar-refractivity contribution in [1.29, 1.82) is 0 Å². The van der Waals surface area contributed by atoms with E-state index in [4.69, 9.17) is 4.74 Å². The molecule has 2 aromatic rings. The van der Waals surface area contributed by atoms with Crippen molar-refractivity contribution in [1.82, 2.24) is 9.78 Å². The molecular weight excluding hydrogens is 256 g/mol. The minimum Gasteiger partial charge on any atom is -0.467 e. The fraction of sp³-hybridized carbons (Fsp3) is 0.267. The number of benzene rings is 1. The SMILES string of the molecule is COC(=O)[C@@H](CC(=O)c1ccc(C)cc1)n1cccn1. The van der Waals surface area contributed by atoms with Gasteiger partial charge in [0.15, 0.2) is 11.8 Å². The molecule has 0 saturated heterocycles. The van der Waals surface area contributed by atoms with Gasteiger partial charge in [0, 0.05) is 24.4 Å². The second-order valence-corrected chi connectivity index (χ2v) is 4.52. The van der Waals surface area contributed by atoms with Gasteiger partial charge in [-0.25, -0.2) is 4.79 Å². The maximum Gasteiger partial charge on any atom is 0.331 e. The summed E-state index contributed by atoms with van der Waals surface area (Å²) >= 11 is 0. The normalized spacial score (nSPS) is 11.9. The smallest absolute Gasteiger partial charge is 0.331 e. The van der Waals surface area contributed by atoms with Crippen molar-refractivity contribution in [2.75, 3.05) is 7.11 Å². The lowest BCUT2D eigenvalue weighted by Crippen LogP contribution is -2.24. The molecule has 1 atom stereocenters. The van der Waals surface area contributed by atoms with E-state index in [0.29, 0.717) is 5.56 Å². The number of esters is 1. The van der Waals surface area contributed by atoms with E-state index in [9.17, 15) is 9.59 Å². The molecule has 0 N–H and O–H groups in total. The van der Waals surface area contributed by atoms with E-state index in [1.165, 1.54) is 11.8 Å². The Balaban J connectivity index is 2.18. The minimum atomic E-state index is -0.733. The van der Waals surface area contributed by atoms with Crippen molar-refractivity contribution in [3.05, 3.63) is 53.9 Å². The number of aromatic nitrogens is 2. The summed E-state index contributed by atoms with van der Waals surface area (Å²) in [5, 5.41) is 4.01. The molecule has 1 heterocycles. The molecule has 5 heteroatoms. The monoisotopic (exact) mass is 272 g/mol. The Hall–Kier alpha value is -2.43. The van der Waals surface area contributed by atoms with Crippen LogP contribution < -0.4 is 0 Å². The number of carbonyl (C=O) groups excluding carboxylic acids is 2. The van der Waals surface area contributed by atoms with Gasteiger partial charge in [-0.2, -0.15) is 5.10 Å². The Kier molecular flexibility index (Phi) is 4.30. The predicted octanol–water partition coefficient (Wildman–Crippen LogP) is 2.18. The molecule has 0 unspecified atom stereocenters. The number of Topliss-reactive ketones (excluding diaryl/α,β-unsaturated/α-hetero) is 1. The third-order valence-electron chi connectivity index (χ3n) is 3.07. The Morgan fingerprint density at radius 1 is 1.30 bits per heavy atom. The lowest BCUT2D eigenvalue weighted by molar-refractivity contribution is -0.144. The summed E-state index contributed by atoms with van der Waals surface area (Å²) in [6.45, 7) is 1.95. The molecule has 0 aliphatic carbocycles. The molecule has 0 aliphatic rings. The first-order valence-electron chi connectivity index (χ1n) is 6.28. The number of ether oxygens (including phenoxy) is 1. The number of ketones is 1. The van der Waals surface area contributed by atoms with Crippen molar-refractivity contribution >= 4 is 11.8 Å². The molecule has 1 aromatic heterocycles. The predicted molar refractivity (Wildman–Crippen MR) is 73.4 cm³/mol. The molecule has 0 bridgehead atoms. The van der Waals surface area contributed by atoms with Crippen molar-refractivity contribution < 1.29 is 14.3 Å². The van der Waals surface area contributed by atoms with Gasteiger partial charge in [0.2, 0.25) is 0 Å². The van der Waals surface area contributed by atoms with Gasteiger partial charge >= 0.3 is 5.97 Å². The quantitative estimate of drug-likeness (QED) is 0.618. The van der Waals surface area contributed by atoms with Crippen LogP contribution >= 0.6 is 0 Å². The highest BCUT2D eigenvalue weighted by Gasteiger charge is 2.25. The van der Waals surface area contributed by atoms with E-state index < -0.39 is 12.0 Å².